The van der Waals surface area contributed by atoms with Crippen LogP contribution < -0.4 is 15.3 Å². The lowest BCUT2D eigenvalue weighted by Gasteiger charge is -2.34. The van der Waals surface area contributed by atoms with E-state index in [9.17, 15) is 9.13 Å². The molecule has 0 saturated heterocycles. The van der Waals surface area contributed by atoms with Crippen LogP contribution in [-0.4, -0.2) is 26.1 Å². The van der Waals surface area contributed by atoms with Crippen molar-refractivity contribution in [1.82, 2.24) is 0 Å². The van der Waals surface area contributed by atoms with Crippen molar-refractivity contribution in [2.24, 2.45) is 0 Å². The molecule has 2 unspecified atom stereocenters. The van der Waals surface area contributed by atoms with Crippen LogP contribution in [0.3, 0.4) is 0 Å². The number of hydrogen-bond donors (Lipinski definition) is 0. The highest BCUT2D eigenvalue weighted by Gasteiger charge is 2.42. The number of benzene rings is 2. The van der Waals surface area contributed by atoms with Crippen molar-refractivity contribution in [2.45, 2.75) is 24.9 Å². The fraction of sp³-hybridized carbons (Fsp3) is 0.333. The largest absolute Gasteiger partial charge is 0.497 e. The molecule has 5 heteroatoms. The van der Waals surface area contributed by atoms with Crippen LogP contribution in [0.5, 0.6) is 5.75 Å². The number of rotatable bonds is 5. The summed E-state index contributed by atoms with van der Waals surface area (Å²) in [5, 5.41) is 2.53. The summed E-state index contributed by atoms with van der Waals surface area (Å²) in [6, 6.07) is 17.2. The Morgan fingerprint density at radius 1 is 0.923 bits per heavy atom. The van der Waals surface area contributed by atoms with E-state index in [1.54, 1.807) is 20.4 Å². The van der Waals surface area contributed by atoms with Gasteiger partial charge in [0.15, 0.2) is 7.14 Å². The molecular weight excluding hydrogens is 362 g/mol. The third kappa shape index (κ3) is 3.61. The van der Waals surface area contributed by atoms with Crippen molar-refractivity contribution in [1.29, 1.82) is 0 Å². The third-order valence-corrected chi connectivity index (χ3v) is 10.5. The minimum atomic E-state index is -2.98. The van der Waals surface area contributed by atoms with Crippen molar-refractivity contribution in [3.05, 3.63) is 66.0 Å². The molecule has 0 spiro atoms. The fourth-order valence-electron chi connectivity index (χ4n) is 3.75. The van der Waals surface area contributed by atoms with E-state index in [1.165, 1.54) is 0 Å². The summed E-state index contributed by atoms with van der Waals surface area (Å²) < 4.78 is 32.9. The van der Waals surface area contributed by atoms with Crippen molar-refractivity contribution >= 4 is 24.9 Å². The van der Waals surface area contributed by atoms with Gasteiger partial charge in [0.1, 0.15) is 12.9 Å². The van der Waals surface area contributed by atoms with Crippen molar-refractivity contribution < 1.29 is 13.9 Å². The molecule has 0 fully saturated rings. The third-order valence-electron chi connectivity index (χ3n) is 5.03. The maximum absolute atomic E-state index is 14.6. The van der Waals surface area contributed by atoms with Gasteiger partial charge < -0.3 is 13.9 Å². The Balaban J connectivity index is 2.21. The van der Waals surface area contributed by atoms with Gasteiger partial charge in [0.2, 0.25) is 0 Å². The second kappa shape index (κ2) is 7.59. The van der Waals surface area contributed by atoms with E-state index in [2.05, 4.69) is 6.08 Å². The maximum atomic E-state index is 14.6. The molecule has 2 aromatic rings. The number of allylic oxidation sites excluding steroid dienone is 2. The molecule has 3 nitrogen and oxygen atoms in total. The van der Waals surface area contributed by atoms with Gasteiger partial charge in [-0.25, -0.2) is 0 Å². The molecule has 138 valence electrons. The highest BCUT2D eigenvalue weighted by molar-refractivity contribution is 7.81. The van der Waals surface area contributed by atoms with Crippen LogP contribution in [0.25, 0.3) is 0 Å². The van der Waals surface area contributed by atoms with Crippen LogP contribution in [0.15, 0.2) is 66.0 Å². The average molecular weight is 388 g/mol. The van der Waals surface area contributed by atoms with Gasteiger partial charge in [-0.2, -0.15) is 0 Å². The summed E-state index contributed by atoms with van der Waals surface area (Å²) in [7, 11) is -3.84. The molecule has 0 bridgehead atoms. The molecule has 1 aliphatic rings. The number of methoxy groups -OCH3 is 1. The molecule has 0 aromatic heterocycles. The van der Waals surface area contributed by atoms with Crippen molar-refractivity contribution in [3.8, 4) is 5.75 Å². The molecule has 0 N–H and O–H groups in total. The van der Waals surface area contributed by atoms with Gasteiger partial charge in [-0.05, 0) is 62.2 Å². The van der Waals surface area contributed by atoms with E-state index >= 15 is 0 Å². The molecule has 2 atom stereocenters. The second-order valence-corrected chi connectivity index (χ2v) is 13.3. The molecule has 3 rings (SSSR count). The van der Waals surface area contributed by atoms with E-state index < -0.39 is 14.3 Å². The molecule has 0 amide bonds. The zero-order chi connectivity index (χ0) is 18.8. The summed E-state index contributed by atoms with van der Waals surface area (Å²) in [5.41, 5.74) is -0.201. The Morgan fingerprint density at radius 2 is 1.54 bits per heavy atom. The monoisotopic (exact) mass is 388 g/mol. The first-order valence-corrected chi connectivity index (χ1v) is 13.3. The average Bonchev–Trinajstić information content (AvgIpc) is 2.67. The first-order valence-electron chi connectivity index (χ1n) is 8.93. The van der Waals surface area contributed by atoms with Crippen LogP contribution in [0, 0.1) is 0 Å². The number of hydrogen-bond acceptors (Lipinski definition) is 3. The first kappa shape index (κ1) is 19.2. The standard InChI is InChI=1S/C21H26O3P2/c1-24-17-13-15-19(16-14-17)26(23,18-9-5-4-6-10-18)21-12-8-7-11-20(21)25(2,3)22/h4-6,9-11,13-16,21H,7-8,12H2,1-3H3. The summed E-state index contributed by atoms with van der Waals surface area (Å²) in [6.07, 6.45) is 4.76. The quantitative estimate of drug-likeness (QED) is 0.672. The predicted molar refractivity (Wildman–Crippen MR) is 111 cm³/mol. The lowest BCUT2D eigenvalue weighted by atomic mass is 10.1. The number of ether oxygens (including phenoxy) is 1. The minimum Gasteiger partial charge on any atom is -0.497 e. The van der Waals surface area contributed by atoms with Gasteiger partial charge in [-0.3, -0.25) is 0 Å². The van der Waals surface area contributed by atoms with Crippen LogP contribution in [-0.2, 0) is 9.13 Å². The normalized spacial score (nSPS) is 20.1. The Morgan fingerprint density at radius 3 is 2.12 bits per heavy atom. The second-order valence-electron chi connectivity index (χ2n) is 7.12. The van der Waals surface area contributed by atoms with Gasteiger partial charge in [0.05, 0.1) is 7.11 Å². The molecule has 1 aliphatic carbocycles. The first-order chi connectivity index (χ1) is 12.4. The van der Waals surface area contributed by atoms with Gasteiger partial charge >= 0.3 is 0 Å². The van der Waals surface area contributed by atoms with Crippen LogP contribution in [0.2, 0.25) is 0 Å². The molecule has 26 heavy (non-hydrogen) atoms. The maximum Gasteiger partial charge on any atom is 0.150 e. The van der Waals surface area contributed by atoms with Crippen LogP contribution in [0.1, 0.15) is 19.3 Å². The Labute approximate surface area is 156 Å². The van der Waals surface area contributed by atoms with E-state index in [1.807, 2.05) is 54.6 Å². The summed E-state index contributed by atoms with van der Waals surface area (Å²) >= 11 is 0. The Kier molecular flexibility index (Phi) is 5.61. The predicted octanol–water partition coefficient (Wildman–Crippen LogP) is 5.07. The Hall–Kier alpha value is -1.56. The fourth-order valence-corrected chi connectivity index (χ4v) is 9.74. The van der Waals surface area contributed by atoms with Gasteiger partial charge in [-0.1, -0.05) is 36.4 Å². The highest BCUT2D eigenvalue weighted by atomic mass is 31.2. The van der Waals surface area contributed by atoms with E-state index in [0.717, 1.165) is 40.9 Å². The molecule has 0 aliphatic heterocycles. The lowest BCUT2D eigenvalue weighted by molar-refractivity contribution is 0.415. The van der Waals surface area contributed by atoms with Gasteiger partial charge in [0, 0.05) is 16.3 Å². The van der Waals surface area contributed by atoms with E-state index in [-0.39, 0.29) is 5.66 Å². The van der Waals surface area contributed by atoms with Crippen LogP contribution in [0.4, 0.5) is 0 Å². The zero-order valence-corrected chi connectivity index (χ0v) is 17.4. The zero-order valence-electron chi connectivity index (χ0n) is 15.6. The lowest BCUT2D eigenvalue weighted by Crippen LogP contribution is -2.28. The Bertz CT molecular complexity index is 879. The van der Waals surface area contributed by atoms with E-state index in [4.69, 9.17) is 4.74 Å². The van der Waals surface area contributed by atoms with Crippen LogP contribution >= 0.6 is 14.3 Å². The topological polar surface area (TPSA) is 43.4 Å². The van der Waals surface area contributed by atoms with Gasteiger partial charge in [-0.15, -0.1) is 0 Å². The summed E-state index contributed by atoms with van der Waals surface area (Å²) in [4.78, 5) is 0. The minimum absolute atomic E-state index is 0.201. The van der Waals surface area contributed by atoms with Crippen molar-refractivity contribution in [2.75, 3.05) is 20.4 Å². The molecule has 2 aromatic carbocycles. The molecule has 0 radical (unpaired) electrons. The van der Waals surface area contributed by atoms with Crippen molar-refractivity contribution in [3.63, 3.8) is 0 Å². The highest BCUT2D eigenvalue weighted by Crippen LogP contribution is 2.63. The summed E-state index contributed by atoms with van der Waals surface area (Å²) in [6.45, 7) is 3.58. The van der Waals surface area contributed by atoms with E-state index in [0.29, 0.717) is 0 Å². The SMILES string of the molecule is COc1ccc(P(=O)(c2ccccc2)C2CCCC=C2P(C)(C)=O)cc1. The summed E-state index contributed by atoms with van der Waals surface area (Å²) in [5.74, 6) is 0.740. The smallest absolute Gasteiger partial charge is 0.150 e. The molecule has 0 saturated carbocycles. The molecular formula is C21H26O3P2. The van der Waals surface area contributed by atoms with Gasteiger partial charge in [0.25, 0.3) is 0 Å². The molecule has 0 heterocycles.